The zero-order valence-corrected chi connectivity index (χ0v) is 14.4. The van der Waals surface area contributed by atoms with Crippen LogP contribution in [0.4, 0.5) is 0 Å². The molecule has 0 unspecified atom stereocenters. The maximum Gasteiger partial charge on any atom is 0.239 e. The third-order valence-corrected chi connectivity index (χ3v) is 4.84. The van der Waals surface area contributed by atoms with Crippen molar-refractivity contribution >= 4 is 11.8 Å². The Morgan fingerprint density at radius 3 is 2.39 bits per heavy atom. The van der Waals surface area contributed by atoms with E-state index in [-0.39, 0.29) is 24.4 Å². The normalized spacial score (nSPS) is 20.7. The Hall–Kier alpha value is -1.14. The van der Waals surface area contributed by atoms with Crippen LogP contribution in [0.1, 0.15) is 45.4 Å². The molecular weight excluding hydrogens is 294 g/mol. The Morgan fingerprint density at radius 2 is 1.78 bits per heavy atom. The Labute approximate surface area is 139 Å². The number of amides is 2. The van der Waals surface area contributed by atoms with Gasteiger partial charge in [-0.3, -0.25) is 14.5 Å². The Bertz CT molecular complexity index is 375. The summed E-state index contributed by atoms with van der Waals surface area (Å²) in [5.41, 5.74) is 0. The second kappa shape index (κ2) is 9.88. The zero-order chi connectivity index (χ0) is 16.5. The molecule has 1 saturated carbocycles. The second-order valence-electron chi connectivity index (χ2n) is 6.60. The van der Waals surface area contributed by atoms with Crippen LogP contribution < -0.4 is 5.32 Å². The highest BCUT2D eigenvalue weighted by molar-refractivity contribution is 5.83. The summed E-state index contributed by atoms with van der Waals surface area (Å²) in [4.78, 5) is 28.2. The van der Waals surface area contributed by atoms with Crippen LogP contribution in [0, 0.1) is 0 Å². The molecule has 0 atom stereocenters. The van der Waals surface area contributed by atoms with Gasteiger partial charge in [0.25, 0.3) is 0 Å². The maximum atomic E-state index is 12.2. The lowest BCUT2D eigenvalue weighted by molar-refractivity contribution is -0.136. The van der Waals surface area contributed by atoms with Crippen molar-refractivity contribution in [3.63, 3.8) is 0 Å². The Balaban J connectivity index is 1.72. The van der Waals surface area contributed by atoms with E-state index in [4.69, 9.17) is 4.74 Å². The molecule has 0 aromatic heterocycles. The fraction of sp³-hybridized carbons (Fsp3) is 0.882. The van der Waals surface area contributed by atoms with Crippen molar-refractivity contribution in [2.45, 2.75) is 51.5 Å². The number of ether oxygens (including phenoxy) is 1. The first-order valence-electron chi connectivity index (χ1n) is 9.01. The summed E-state index contributed by atoms with van der Waals surface area (Å²) in [5, 5.41) is 2.95. The van der Waals surface area contributed by atoms with E-state index in [0.29, 0.717) is 6.54 Å². The summed E-state index contributed by atoms with van der Waals surface area (Å²) >= 11 is 0. The highest BCUT2D eigenvalue weighted by Crippen LogP contribution is 2.21. The Kier molecular flexibility index (Phi) is 7.82. The van der Waals surface area contributed by atoms with E-state index >= 15 is 0 Å². The number of nitrogens with one attached hydrogen (secondary N) is 1. The number of hydrogen-bond acceptors (Lipinski definition) is 4. The average molecular weight is 325 g/mol. The molecule has 1 aliphatic heterocycles. The van der Waals surface area contributed by atoms with E-state index in [2.05, 4.69) is 10.2 Å². The van der Waals surface area contributed by atoms with Gasteiger partial charge >= 0.3 is 0 Å². The topological polar surface area (TPSA) is 61.9 Å². The van der Waals surface area contributed by atoms with Crippen molar-refractivity contribution in [1.29, 1.82) is 0 Å². The van der Waals surface area contributed by atoms with Gasteiger partial charge in [-0.2, -0.15) is 0 Å². The lowest BCUT2D eigenvalue weighted by Gasteiger charge is -2.30. The highest BCUT2D eigenvalue weighted by atomic mass is 16.5. The maximum absolute atomic E-state index is 12.2. The van der Waals surface area contributed by atoms with E-state index in [9.17, 15) is 9.59 Å². The minimum atomic E-state index is -0.0438. The number of morpholine rings is 1. The van der Waals surface area contributed by atoms with Crippen molar-refractivity contribution in [2.75, 3.05) is 45.9 Å². The fourth-order valence-corrected chi connectivity index (χ4v) is 3.46. The molecule has 0 bridgehead atoms. The SMILES string of the molecule is CC(=O)N(CC(=O)NCCN1CCOCC1)C1CCCCCC1. The van der Waals surface area contributed by atoms with Gasteiger partial charge in [0, 0.05) is 39.1 Å². The molecule has 2 fully saturated rings. The number of rotatable bonds is 6. The van der Waals surface area contributed by atoms with E-state index < -0.39 is 0 Å². The van der Waals surface area contributed by atoms with Crippen LogP contribution >= 0.6 is 0 Å². The molecule has 1 N–H and O–H groups in total. The number of hydrogen-bond donors (Lipinski definition) is 1. The molecule has 0 radical (unpaired) electrons. The third kappa shape index (κ3) is 6.47. The van der Waals surface area contributed by atoms with Crippen LogP contribution in [0.2, 0.25) is 0 Å². The molecule has 2 rings (SSSR count). The van der Waals surface area contributed by atoms with Crippen LogP contribution in [0.25, 0.3) is 0 Å². The van der Waals surface area contributed by atoms with Crippen LogP contribution in [0.15, 0.2) is 0 Å². The molecule has 0 aromatic rings. The summed E-state index contributed by atoms with van der Waals surface area (Å²) < 4.78 is 5.31. The predicted octanol–water partition coefficient (Wildman–Crippen LogP) is 1.01. The number of carbonyl (C=O) groups is 2. The van der Waals surface area contributed by atoms with Crippen molar-refractivity contribution in [3.05, 3.63) is 0 Å². The number of nitrogens with zero attached hydrogens (tertiary/aromatic N) is 2. The first kappa shape index (κ1) is 18.2. The molecule has 2 aliphatic rings. The van der Waals surface area contributed by atoms with Crippen LogP contribution in [0.5, 0.6) is 0 Å². The highest BCUT2D eigenvalue weighted by Gasteiger charge is 2.24. The van der Waals surface area contributed by atoms with Gasteiger partial charge in [-0.05, 0) is 12.8 Å². The van der Waals surface area contributed by atoms with Gasteiger partial charge in [0.05, 0.1) is 19.8 Å². The lowest BCUT2D eigenvalue weighted by Crippen LogP contribution is -2.47. The molecule has 6 heteroatoms. The van der Waals surface area contributed by atoms with Gasteiger partial charge in [0.1, 0.15) is 0 Å². The van der Waals surface area contributed by atoms with E-state index in [1.165, 1.54) is 12.8 Å². The molecular formula is C17H31N3O3. The first-order chi connectivity index (χ1) is 11.2. The monoisotopic (exact) mass is 325 g/mol. The molecule has 6 nitrogen and oxygen atoms in total. The molecule has 132 valence electrons. The van der Waals surface area contributed by atoms with Crippen LogP contribution in [-0.4, -0.2) is 73.6 Å². The smallest absolute Gasteiger partial charge is 0.239 e. The van der Waals surface area contributed by atoms with Crippen LogP contribution in [0.3, 0.4) is 0 Å². The van der Waals surface area contributed by atoms with Gasteiger partial charge in [0.2, 0.25) is 11.8 Å². The summed E-state index contributed by atoms with van der Waals surface area (Å²) in [5.74, 6) is -0.0297. The van der Waals surface area contributed by atoms with Gasteiger partial charge in [-0.25, -0.2) is 0 Å². The summed E-state index contributed by atoms with van der Waals surface area (Å²) in [6.45, 7) is 6.65. The van der Waals surface area contributed by atoms with Gasteiger partial charge in [0.15, 0.2) is 0 Å². The lowest BCUT2D eigenvalue weighted by atomic mass is 10.1. The second-order valence-corrected chi connectivity index (χ2v) is 6.60. The minimum absolute atomic E-state index is 0.0141. The molecule has 23 heavy (non-hydrogen) atoms. The van der Waals surface area contributed by atoms with Gasteiger partial charge in [-0.1, -0.05) is 25.7 Å². The standard InChI is InChI=1S/C17H31N3O3/c1-15(21)20(16-6-4-2-3-5-7-16)14-17(22)18-8-9-19-10-12-23-13-11-19/h16H,2-14H2,1H3,(H,18,22). The quantitative estimate of drug-likeness (QED) is 0.740. The predicted molar refractivity (Wildman–Crippen MR) is 89.1 cm³/mol. The zero-order valence-electron chi connectivity index (χ0n) is 14.4. The molecule has 1 aliphatic carbocycles. The molecule has 0 spiro atoms. The van der Waals surface area contributed by atoms with E-state index in [1.54, 1.807) is 11.8 Å². The van der Waals surface area contributed by atoms with Crippen molar-refractivity contribution in [3.8, 4) is 0 Å². The summed E-state index contributed by atoms with van der Waals surface area (Å²) in [6.07, 6.45) is 6.86. The van der Waals surface area contributed by atoms with Crippen LogP contribution in [-0.2, 0) is 14.3 Å². The molecule has 2 amide bonds. The fourth-order valence-electron chi connectivity index (χ4n) is 3.46. The first-order valence-corrected chi connectivity index (χ1v) is 9.01. The van der Waals surface area contributed by atoms with E-state index in [1.807, 2.05) is 0 Å². The number of carbonyl (C=O) groups excluding carboxylic acids is 2. The molecule has 1 heterocycles. The third-order valence-electron chi connectivity index (χ3n) is 4.84. The average Bonchev–Trinajstić information content (AvgIpc) is 2.82. The molecule has 1 saturated heterocycles. The minimum Gasteiger partial charge on any atom is -0.379 e. The van der Waals surface area contributed by atoms with Crippen molar-refractivity contribution < 1.29 is 14.3 Å². The Morgan fingerprint density at radius 1 is 1.13 bits per heavy atom. The molecule has 0 aromatic carbocycles. The summed E-state index contributed by atoms with van der Waals surface area (Å²) in [6, 6.07) is 0.236. The van der Waals surface area contributed by atoms with Gasteiger partial charge in [-0.15, -0.1) is 0 Å². The summed E-state index contributed by atoms with van der Waals surface area (Å²) in [7, 11) is 0. The largest absolute Gasteiger partial charge is 0.379 e. The van der Waals surface area contributed by atoms with E-state index in [0.717, 1.165) is 58.5 Å². The van der Waals surface area contributed by atoms with Gasteiger partial charge < -0.3 is 15.0 Å². The van der Waals surface area contributed by atoms with Crippen molar-refractivity contribution in [1.82, 2.24) is 15.1 Å². The van der Waals surface area contributed by atoms with Crippen molar-refractivity contribution in [2.24, 2.45) is 0 Å².